The topological polar surface area (TPSA) is 149 Å². The average molecular weight is 328 g/mol. The van der Waals surface area contributed by atoms with Crippen LogP contribution in [-0.4, -0.2) is 57.5 Å². The van der Waals surface area contributed by atoms with Gasteiger partial charge in [-0.25, -0.2) is 4.57 Å². The first-order valence-corrected chi connectivity index (χ1v) is 7.46. The number of phosphoric acid groups is 1. The summed E-state index contributed by atoms with van der Waals surface area (Å²) in [5.74, 6) is -1.48. The maximum Gasteiger partial charge on any atom is 0.472 e. The molecule has 10 nitrogen and oxygen atoms in total. The van der Waals surface area contributed by atoms with E-state index in [0.29, 0.717) is 0 Å². The van der Waals surface area contributed by atoms with Gasteiger partial charge in [0.1, 0.15) is 6.10 Å². The van der Waals surface area contributed by atoms with E-state index in [1.165, 1.54) is 6.92 Å². The molecule has 0 spiro atoms. The summed E-state index contributed by atoms with van der Waals surface area (Å²) in [6.07, 6.45) is -6.94. The van der Waals surface area contributed by atoms with Crippen molar-refractivity contribution in [3.8, 4) is 0 Å². The minimum atomic E-state index is -4.94. The summed E-state index contributed by atoms with van der Waals surface area (Å²) in [6.45, 7) is 3.59. The smallest absolute Gasteiger partial charge is 0.456 e. The maximum absolute atomic E-state index is 11.1. The Morgan fingerprint density at radius 1 is 1.10 bits per heavy atom. The number of rotatable bonds is 4. The Morgan fingerprint density at radius 2 is 1.57 bits per heavy atom. The van der Waals surface area contributed by atoms with Crippen molar-refractivity contribution < 1.29 is 47.8 Å². The molecule has 0 aromatic carbocycles. The lowest BCUT2D eigenvalue weighted by molar-refractivity contribution is -0.279. The van der Waals surface area contributed by atoms with Crippen LogP contribution in [0.25, 0.3) is 0 Å². The standard InChI is InChI=1S/C10H17O10P/c1-4-8(18-5(2)11)9(19-6(3)12)7(13)10(17-4)20-21(14,15)16/h4,7-10,13H,1-3H3,(H2,14,15,16)/t4-,7+,8-,9+,10-/m0/s1. The minimum Gasteiger partial charge on any atom is -0.456 e. The number of carbonyl (C=O) groups is 2. The molecule has 0 radical (unpaired) electrons. The van der Waals surface area contributed by atoms with Crippen molar-refractivity contribution in [3.63, 3.8) is 0 Å². The number of hydrogen-bond acceptors (Lipinski definition) is 8. The van der Waals surface area contributed by atoms with E-state index in [2.05, 4.69) is 4.52 Å². The number of aliphatic hydroxyl groups is 1. The molecule has 11 heteroatoms. The van der Waals surface area contributed by atoms with Gasteiger partial charge in [0, 0.05) is 13.8 Å². The summed E-state index contributed by atoms with van der Waals surface area (Å²) in [5, 5.41) is 9.98. The summed E-state index contributed by atoms with van der Waals surface area (Å²) in [7, 11) is -4.94. The molecule has 21 heavy (non-hydrogen) atoms. The summed E-state index contributed by atoms with van der Waals surface area (Å²) < 4.78 is 30.0. The van der Waals surface area contributed by atoms with Gasteiger partial charge in [-0.3, -0.25) is 14.1 Å². The molecule has 1 fully saturated rings. The molecule has 0 saturated carbocycles. The fourth-order valence-corrected chi connectivity index (χ4v) is 2.34. The van der Waals surface area contributed by atoms with Crippen LogP contribution in [0, 0.1) is 0 Å². The molecule has 122 valence electrons. The highest BCUT2D eigenvalue weighted by molar-refractivity contribution is 7.46. The van der Waals surface area contributed by atoms with E-state index >= 15 is 0 Å². The van der Waals surface area contributed by atoms with E-state index in [4.69, 9.17) is 24.0 Å². The van der Waals surface area contributed by atoms with E-state index in [9.17, 15) is 19.3 Å². The number of aliphatic hydroxyl groups excluding tert-OH is 1. The lowest BCUT2D eigenvalue weighted by atomic mass is 9.99. The first-order valence-electron chi connectivity index (χ1n) is 5.93. The van der Waals surface area contributed by atoms with Gasteiger partial charge in [0.25, 0.3) is 0 Å². The Kier molecular flexibility index (Phi) is 5.85. The van der Waals surface area contributed by atoms with Crippen LogP contribution >= 0.6 is 7.82 Å². The van der Waals surface area contributed by atoms with Gasteiger partial charge in [-0.2, -0.15) is 0 Å². The molecule has 1 aliphatic heterocycles. The Morgan fingerprint density at radius 3 is 2.00 bits per heavy atom. The van der Waals surface area contributed by atoms with Crippen LogP contribution in [0.5, 0.6) is 0 Å². The summed E-state index contributed by atoms with van der Waals surface area (Å²) >= 11 is 0. The van der Waals surface area contributed by atoms with E-state index in [1.54, 1.807) is 0 Å². The highest BCUT2D eigenvalue weighted by Crippen LogP contribution is 2.41. The Hall–Kier alpha value is -1.03. The van der Waals surface area contributed by atoms with Crippen molar-refractivity contribution in [1.29, 1.82) is 0 Å². The molecule has 0 aliphatic carbocycles. The fraction of sp³-hybridized carbons (Fsp3) is 0.800. The van der Waals surface area contributed by atoms with Crippen LogP contribution < -0.4 is 0 Å². The van der Waals surface area contributed by atoms with E-state index in [1.807, 2.05) is 0 Å². The second-order valence-corrected chi connectivity index (χ2v) is 5.64. The summed E-state index contributed by atoms with van der Waals surface area (Å²) in [5.41, 5.74) is 0. The summed E-state index contributed by atoms with van der Waals surface area (Å²) in [4.78, 5) is 39.6. The van der Waals surface area contributed by atoms with E-state index < -0.39 is 50.5 Å². The Labute approximate surface area is 120 Å². The van der Waals surface area contributed by atoms with Gasteiger partial charge in [-0.15, -0.1) is 0 Å². The predicted molar refractivity (Wildman–Crippen MR) is 64.6 cm³/mol. The van der Waals surface area contributed by atoms with Gasteiger partial charge < -0.3 is 29.1 Å². The lowest BCUT2D eigenvalue weighted by Crippen LogP contribution is -2.59. The van der Waals surface area contributed by atoms with Crippen molar-refractivity contribution in [3.05, 3.63) is 0 Å². The fourth-order valence-electron chi connectivity index (χ4n) is 1.89. The molecule has 1 saturated heterocycles. The number of carbonyl (C=O) groups excluding carboxylic acids is 2. The number of phosphoric ester groups is 1. The van der Waals surface area contributed by atoms with Crippen molar-refractivity contribution in [2.45, 2.75) is 51.5 Å². The largest absolute Gasteiger partial charge is 0.472 e. The van der Waals surface area contributed by atoms with Gasteiger partial charge >= 0.3 is 19.8 Å². The van der Waals surface area contributed by atoms with Crippen LogP contribution in [0.4, 0.5) is 0 Å². The highest BCUT2D eigenvalue weighted by atomic mass is 31.2. The van der Waals surface area contributed by atoms with Crippen molar-refractivity contribution in [2.24, 2.45) is 0 Å². The van der Waals surface area contributed by atoms with Gasteiger partial charge in [0.05, 0.1) is 6.10 Å². The van der Waals surface area contributed by atoms with E-state index in [0.717, 1.165) is 13.8 Å². The van der Waals surface area contributed by atoms with Crippen LogP contribution in [0.2, 0.25) is 0 Å². The quantitative estimate of drug-likeness (QED) is 0.436. The third-order valence-electron chi connectivity index (χ3n) is 2.60. The van der Waals surface area contributed by atoms with Gasteiger partial charge in [0.15, 0.2) is 18.5 Å². The second kappa shape index (κ2) is 6.82. The highest BCUT2D eigenvalue weighted by Gasteiger charge is 2.49. The number of hydrogen-bond donors (Lipinski definition) is 3. The molecule has 3 N–H and O–H groups in total. The molecule has 1 rings (SSSR count). The van der Waals surface area contributed by atoms with Crippen LogP contribution in [0.15, 0.2) is 0 Å². The normalized spacial score (nSPS) is 33.3. The van der Waals surface area contributed by atoms with Crippen LogP contribution in [-0.2, 0) is 32.9 Å². The lowest BCUT2D eigenvalue weighted by Gasteiger charge is -2.41. The van der Waals surface area contributed by atoms with Crippen LogP contribution in [0.3, 0.4) is 0 Å². The van der Waals surface area contributed by atoms with Gasteiger partial charge in [-0.1, -0.05) is 0 Å². The van der Waals surface area contributed by atoms with Crippen molar-refractivity contribution in [2.75, 3.05) is 0 Å². The summed E-state index contributed by atoms with van der Waals surface area (Å²) in [6, 6.07) is 0. The molecule has 5 atom stereocenters. The monoisotopic (exact) mass is 328 g/mol. The van der Waals surface area contributed by atoms with Gasteiger partial charge in [-0.05, 0) is 6.92 Å². The zero-order valence-electron chi connectivity index (χ0n) is 11.5. The SMILES string of the molecule is CC(=O)O[C@@H]1[C@@H](O)[C@H](OP(=O)(O)O)O[C@@H](C)[C@@H]1OC(C)=O. The molecule has 0 aromatic rings. The maximum atomic E-state index is 11.1. The third kappa shape index (κ3) is 5.34. The first-order chi connectivity index (χ1) is 9.51. The zero-order valence-corrected chi connectivity index (χ0v) is 12.4. The first kappa shape index (κ1) is 18.0. The minimum absolute atomic E-state index is 0.700. The zero-order chi connectivity index (χ0) is 16.4. The molecule has 0 aromatic heterocycles. The van der Waals surface area contributed by atoms with Crippen molar-refractivity contribution in [1.82, 2.24) is 0 Å². The molecule has 0 unspecified atom stereocenters. The van der Waals surface area contributed by atoms with E-state index in [-0.39, 0.29) is 0 Å². The molecular formula is C10H17O10P. The van der Waals surface area contributed by atoms with Crippen LogP contribution in [0.1, 0.15) is 20.8 Å². The molecule has 0 bridgehead atoms. The Bertz CT molecular complexity index is 445. The predicted octanol–water partition coefficient (Wildman–Crippen LogP) is -0.935. The molecule has 0 amide bonds. The van der Waals surface area contributed by atoms with Crippen molar-refractivity contribution >= 4 is 19.8 Å². The number of esters is 2. The van der Waals surface area contributed by atoms with Gasteiger partial charge in [0.2, 0.25) is 0 Å². The average Bonchev–Trinajstić information content (AvgIpc) is 2.27. The Balaban J connectivity index is 2.97. The molecule has 1 aliphatic rings. The number of ether oxygens (including phenoxy) is 3. The molecular weight excluding hydrogens is 311 g/mol. The third-order valence-corrected chi connectivity index (χ3v) is 3.08. The molecule has 1 heterocycles. The second-order valence-electron chi connectivity index (χ2n) is 4.44.